The van der Waals surface area contributed by atoms with Gasteiger partial charge in [-0.25, -0.2) is 0 Å². The minimum absolute atomic E-state index is 0. The van der Waals surface area contributed by atoms with E-state index in [0.29, 0.717) is 10.9 Å². The van der Waals surface area contributed by atoms with Crippen molar-refractivity contribution in [3.63, 3.8) is 0 Å². The topological polar surface area (TPSA) is 83.1 Å². The Hall–Kier alpha value is -1.96. The first-order valence-electron chi connectivity index (χ1n) is 7.44. The van der Waals surface area contributed by atoms with Crippen molar-refractivity contribution >= 4 is 34.6 Å². The Labute approximate surface area is 155 Å². The van der Waals surface area contributed by atoms with Crippen LogP contribution in [-0.2, 0) is 16.9 Å². The van der Waals surface area contributed by atoms with Crippen LogP contribution >= 0.6 is 12.4 Å². The SMILES string of the molecule is COc1ccc2[nH]c([S@@+]([O-])Cc3ncc(C)c(OC)c3C)nc2c1.Cl. The number of aromatic amines is 1. The standard InChI is InChI=1S/C17H19N3O3S.ClH/c1-10-8-18-15(11(2)16(10)23-4)9-24(21)17-19-13-6-5-12(22-3)7-14(13)20-17;/h5-8H,9H2,1-4H3,(H,19,20);1H/t24-;/m0./s1. The van der Waals surface area contributed by atoms with Crippen LogP contribution in [0.4, 0.5) is 0 Å². The molecule has 0 radical (unpaired) electrons. The molecule has 0 saturated carbocycles. The summed E-state index contributed by atoms with van der Waals surface area (Å²) in [6.07, 6.45) is 1.74. The lowest BCUT2D eigenvalue weighted by atomic mass is 10.1. The number of nitrogens with zero attached hydrogens (tertiary/aromatic N) is 2. The third-order valence-electron chi connectivity index (χ3n) is 3.90. The molecular formula is C17H20ClN3O3S. The van der Waals surface area contributed by atoms with E-state index in [-0.39, 0.29) is 18.2 Å². The van der Waals surface area contributed by atoms with E-state index in [4.69, 9.17) is 9.47 Å². The van der Waals surface area contributed by atoms with Crippen LogP contribution in [-0.4, -0.2) is 33.7 Å². The minimum Gasteiger partial charge on any atom is -0.609 e. The number of benzene rings is 1. The summed E-state index contributed by atoms with van der Waals surface area (Å²) in [5, 5.41) is 0.430. The summed E-state index contributed by atoms with van der Waals surface area (Å²) in [6, 6.07) is 5.51. The predicted molar refractivity (Wildman–Crippen MR) is 100 cm³/mol. The van der Waals surface area contributed by atoms with Gasteiger partial charge in [-0.15, -0.1) is 12.4 Å². The minimum atomic E-state index is -1.33. The third-order valence-corrected chi connectivity index (χ3v) is 5.06. The Morgan fingerprint density at radius 2 is 1.96 bits per heavy atom. The van der Waals surface area contributed by atoms with E-state index in [0.717, 1.165) is 33.6 Å². The smallest absolute Gasteiger partial charge is 0.322 e. The molecule has 3 aromatic rings. The van der Waals surface area contributed by atoms with Crippen LogP contribution in [0.5, 0.6) is 11.5 Å². The quantitative estimate of drug-likeness (QED) is 0.685. The predicted octanol–water partition coefficient (Wildman–Crippen LogP) is 3.32. The van der Waals surface area contributed by atoms with Crippen molar-refractivity contribution in [3.05, 3.63) is 41.2 Å². The maximum absolute atomic E-state index is 12.7. The van der Waals surface area contributed by atoms with Crippen molar-refractivity contribution in [2.75, 3.05) is 14.2 Å². The summed E-state index contributed by atoms with van der Waals surface area (Å²) in [7, 11) is 3.23. The number of aryl methyl sites for hydroxylation is 1. The van der Waals surface area contributed by atoms with E-state index in [2.05, 4.69) is 15.0 Å². The van der Waals surface area contributed by atoms with Crippen molar-refractivity contribution < 1.29 is 14.0 Å². The number of rotatable bonds is 5. The van der Waals surface area contributed by atoms with Gasteiger partial charge in [0.25, 0.3) is 0 Å². The van der Waals surface area contributed by atoms with Crippen molar-refractivity contribution in [1.82, 2.24) is 15.0 Å². The summed E-state index contributed by atoms with van der Waals surface area (Å²) < 4.78 is 23.3. The summed E-state index contributed by atoms with van der Waals surface area (Å²) >= 11 is -1.33. The number of hydrogen-bond donors (Lipinski definition) is 1. The van der Waals surface area contributed by atoms with Gasteiger partial charge in [0.15, 0.2) is 5.75 Å². The molecule has 0 aliphatic rings. The van der Waals surface area contributed by atoms with E-state index in [1.54, 1.807) is 20.4 Å². The zero-order valence-corrected chi connectivity index (χ0v) is 16.1. The Morgan fingerprint density at radius 1 is 1.20 bits per heavy atom. The number of methoxy groups -OCH3 is 2. The lowest BCUT2D eigenvalue weighted by Crippen LogP contribution is -2.10. The average molecular weight is 382 g/mol. The lowest BCUT2D eigenvalue weighted by molar-refractivity contribution is 0.407. The molecule has 0 aliphatic carbocycles. The molecule has 0 spiro atoms. The van der Waals surface area contributed by atoms with E-state index in [1.165, 1.54) is 0 Å². The first-order valence-corrected chi connectivity index (χ1v) is 8.76. The lowest BCUT2D eigenvalue weighted by Gasteiger charge is -2.13. The first kappa shape index (κ1) is 19.4. The highest BCUT2D eigenvalue weighted by Crippen LogP contribution is 2.27. The number of fused-ring (bicyclic) bond motifs is 1. The highest BCUT2D eigenvalue weighted by Gasteiger charge is 2.21. The van der Waals surface area contributed by atoms with Gasteiger partial charge in [-0.2, -0.15) is 4.98 Å². The van der Waals surface area contributed by atoms with Gasteiger partial charge in [0.2, 0.25) is 0 Å². The molecule has 0 unspecified atom stereocenters. The molecule has 0 aliphatic heterocycles. The van der Waals surface area contributed by atoms with Crippen LogP contribution in [0.15, 0.2) is 29.6 Å². The zero-order chi connectivity index (χ0) is 17.3. The van der Waals surface area contributed by atoms with Gasteiger partial charge in [-0.05, 0) is 26.0 Å². The van der Waals surface area contributed by atoms with E-state index in [1.807, 2.05) is 32.0 Å². The second-order valence-corrected chi connectivity index (χ2v) is 6.83. The number of nitrogens with one attached hydrogen (secondary N) is 1. The van der Waals surface area contributed by atoms with E-state index >= 15 is 0 Å². The fourth-order valence-electron chi connectivity index (χ4n) is 2.61. The fourth-order valence-corrected chi connectivity index (χ4v) is 3.71. The average Bonchev–Trinajstić information content (AvgIpc) is 3.01. The Morgan fingerprint density at radius 3 is 2.64 bits per heavy atom. The second-order valence-electron chi connectivity index (χ2n) is 5.46. The van der Waals surface area contributed by atoms with Gasteiger partial charge in [0.1, 0.15) is 11.5 Å². The Bertz CT molecular complexity index is 885. The van der Waals surface area contributed by atoms with Crippen LogP contribution in [0.2, 0.25) is 0 Å². The van der Waals surface area contributed by atoms with Crippen molar-refractivity contribution in [2.24, 2.45) is 0 Å². The summed E-state index contributed by atoms with van der Waals surface area (Å²) in [5.74, 6) is 1.78. The molecule has 0 saturated heterocycles. The summed E-state index contributed by atoms with van der Waals surface area (Å²) in [4.78, 5) is 11.9. The normalized spacial score (nSPS) is 11.9. The molecule has 8 heteroatoms. The Kier molecular flexibility index (Phi) is 6.16. The molecule has 1 N–H and O–H groups in total. The van der Waals surface area contributed by atoms with E-state index < -0.39 is 11.2 Å². The molecule has 3 rings (SSSR count). The number of pyridine rings is 1. The molecule has 1 atom stereocenters. The van der Waals surface area contributed by atoms with Crippen LogP contribution < -0.4 is 9.47 Å². The fraction of sp³-hybridized carbons (Fsp3) is 0.294. The number of ether oxygens (including phenoxy) is 2. The summed E-state index contributed by atoms with van der Waals surface area (Å²) in [6.45, 7) is 3.86. The van der Waals surface area contributed by atoms with Gasteiger partial charge in [0, 0.05) is 34.6 Å². The largest absolute Gasteiger partial charge is 0.609 e. The Balaban J connectivity index is 0.00000225. The molecule has 134 valence electrons. The molecular weight excluding hydrogens is 362 g/mol. The van der Waals surface area contributed by atoms with Crippen LogP contribution in [0.3, 0.4) is 0 Å². The molecule has 1 aromatic carbocycles. The number of halogens is 1. The molecule has 0 amide bonds. The van der Waals surface area contributed by atoms with Crippen LogP contribution in [0.1, 0.15) is 16.8 Å². The number of aromatic nitrogens is 3. The van der Waals surface area contributed by atoms with Crippen molar-refractivity contribution in [2.45, 2.75) is 24.8 Å². The maximum Gasteiger partial charge on any atom is 0.322 e. The van der Waals surface area contributed by atoms with Gasteiger partial charge in [0.05, 0.1) is 30.9 Å². The monoisotopic (exact) mass is 381 g/mol. The number of hydrogen-bond acceptors (Lipinski definition) is 5. The van der Waals surface area contributed by atoms with E-state index in [9.17, 15) is 4.55 Å². The van der Waals surface area contributed by atoms with Gasteiger partial charge >= 0.3 is 5.16 Å². The first-order chi connectivity index (χ1) is 11.5. The second kappa shape index (κ2) is 7.95. The van der Waals surface area contributed by atoms with Crippen LogP contribution in [0.25, 0.3) is 11.0 Å². The summed E-state index contributed by atoms with van der Waals surface area (Å²) in [5.41, 5.74) is 4.16. The molecule has 2 aromatic heterocycles. The van der Waals surface area contributed by atoms with Crippen LogP contribution in [0, 0.1) is 13.8 Å². The number of H-pyrrole nitrogens is 1. The highest BCUT2D eigenvalue weighted by atomic mass is 35.5. The third kappa shape index (κ3) is 3.84. The molecule has 0 fully saturated rings. The molecule has 6 nitrogen and oxygen atoms in total. The highest BCUT2D eigenvalue weighted by molar-refractivity contribution is 7.90. The molecule has 25 heavy (non-hydrogen) atoms. The number of imidazole rings is 1. The van der Waals surface area contributed by atoms with Gasteiger partial charge < -0.3 is 14.0 Å². The van der Waals surface area contributed by atoms with Gasteiger partial charge in [-0.1, -0.05) is 0 Å². The molecule has 2 heterocycles. The maximum atomic E-state index is 12.7. The molecule has 0 bridgehead atoms. The van der Waals surface area contributed by atoms with Gasteiger partial charge in [-0.3, -0.25) is 9.97 Å². The zero-order valence-electron chi connectivity index (χ0n) is 14.5. The van der Waals surface area contributed by atoms with Crippen molar-refractivity contribution in [1.29, 1.82) is 0 Å². The van der Waals surface area contributed by atoms with Crippen molar-refractivity contribution in [3.8, 4) is 11.5 Å².